The van der Waals surface area contributed by atoms with E-state index >= 15 is 0 Å². The molecule has 0 radical (unpaired) electrons. The molecule has 6 heteroatoms. The number of anilines is 1. The van der Waals surface area contributed by atoms with E-state index in [1.165, 1.54) is 0 Å². The molecule has 0 aliphatic rings. The lowest BCUT2D eigenvalue weighted by molar-refractivity contribution is 0.615. The lowest BCUT2D eigenvalue weighted by atomic mass is 10.1. The van der Waals surface area contributed by atoms with Crippen LogP contribution < -0.4 is 10.8 Å². The Hall–Kier alpha value is -3.57. The van der Waals surface area contributed by atoms with Gasteiger partial charge in [0.1, 0.15) is 11.3 Å². The molecule has 5 nitrogen and oxygen atoms in total. The van der Waals surface area contributed by atoms with E-state index in [1.807, 2.05) is 61.5 Å². The highest BCUT2D eigenvalue weighted by Gasteiger charge is 2.10. The Morgan fingerprint density at radius 1 is 1.00 bits per heavy atom. The zero-order chi connectivity index (χ0) is 20.7. The highest BCUT2D eigenvalue weighted by molar-refractivity contribution is 6.30. The van der Waals surface area contributed by atoms with Gasteiger partial charge < -0.3 is 9.40 Å². The molecule has 0 amide bonds. The fourth-order valence-electron chi connectivity index (χ4n) is 3.59. The molecular formula is C24H19ClN4O. The van der Waals surface area contributed by atoms with E-state index in [-0.39, 0.29) is 0 Å². The highest BCUT2D eigenvalue weighted by Crippen LogP contribution is 2.26. The number of aryl methyl sites for hydroxylation is 2. The molecular weight excluding hydrogens is 396 g/mol. The average molecular weight is 415 g/mol. The van der Waals surface area contributed by atoms with Crippen LogP contribution in [0.2, 0.25) is 5.02 Å². The van der Waals surface area contributed by atoms with E-state index in [9.17, 15) is 0 Å². The molecule has 0 unspecified atom stereocenters. The van der Waals surface area contributed by atoms with Crippen molar-refractivity contribution in [3.8, 4) is 11.3 Å². The number of hydrogen-bond acceptors (Lipinski definition) is 4. The summed E-state index contributed by atoms with van der Waals surface area (Å²) in [6, 6.07) is 21.6. The van der Waals surface area contributed by atoms with Crippen LogP contribution in [0.4, 0.5) is 5.95 Å². The molecule has 3 aromatic carbocycles. The maximum Gasteiger partial charge on any atom is 0.222 e. The van der Waals surface area contributed by atoms with Crippen molar-refractivity contribution in [3.63, 3.8) is 0 Å². The normalized spacial score (nSPS) is 12.0. The van der Waals surface area contributed by atoms with Crippen molar-refractivity contribution in [3.05, 3.63) is 88.2 Å². The van der Waals surface area contributed by atoms with E-state index in [4.69, 9.17) is 16.0 Å². The summed E-state index contributed by atoms with van der Waals surface area (Å²) in [6.07, 6.45) is 0. The van der Waals surface area contributed by atoms with Crippen LogP contribution in [0.15, 0.2) is 76.2 Å². The lowest BCUT2D eigenvalue weighted by Crippen LogP contribution is -2.08. The molecule has 0 bridgehead atoms. The zero-order valence-electron chi connectivity index (χ0n) is 16.5. The first-order valence-corrected chi connectivity index (χ1v) is 10.0. The van der Waals surface area contributed by atoms with Crippen molar-refractivity contribution in [2.24, 2.45) is 5.10 Å². The van der Waals surface area contributed by atoms with Crippen LogP contribution in [0.25, 0.3) is 33.3 Å². The largest absolute Gasteiger partial charge is 0.456 e. The number of nitrogens with one attached hydrogen (secondary N) is 2. The quantitative estimate of drug-likeness (QED) is 0.347. The Morgan fingerprint density at radius 3 is 2.60 bits per heavy atom. The number of hydrogen-bond donors (Lipinski definition) is 2. The van der Waals surface area contributed by atoms with Gasteiger partial charge in [-0.25, -0.2) is 10.4 Å². The number of benzene rings is 3. The zero-order valence-corrected chi connectivity index (χ0v) is 17.3. The SMILES string of the molecule is Cc1cc(C)c2oc(-c3ccc(Cl)cc3)cc(=NNc3nc4ccccc4[nH]3)c2c1. The number of halogens is 1. The summed E-state index contributed by atoms with van der Waals surface area (Å²) >= 11 is 6.05. The second-order valence-electron chi connectivity index (χ2n) is 7.29. The number of imidazole rings is 1. The van der Waals surface area contributed by atoms with Crippen LogP contribution in [-0.2, 0) is 0 Å². The van der Waals surface area contributed by atoms with E-state index < -0.39 is 0 Å². The van der Waals surface area contributed by atoms with Crippen LogP contribution in [0.5, 0.6) is 0 Å². The van der Waals surface area contributed by atoms with Gasteiger partial charge in [0, 0.05) is 22.0 Å². The molecule has 30 heavy (non-hydrogen) atoms. The molecule has 0 spiro atoms. The maximum atomic E-state index is 6.26. The molecule has 0 aliphatic carbocycles. The minimum absolute atomic E-state index is 0.586. The fraction of sp³-hybridized carbons (Fsp3) is 0.0833. The molecule has 2 aromatic heterocycles. The Labute approximate surface area is 178 Å². The maximum absolute atomic E-state index is 6.26. The van der Waals surface area contributed by atoms with Crippen molar-refractivity contribution >= 4 is 39.6 Å². The van der Waals surface area contributed by atoms with E-state index in [0.717, 1.165) is 49.8 Å². The molecule has 5 aromatic rings. The monoisotopic (exact) mass is 414 g/mol. The van der Waals surface area contributed by atoms with Crippen LogP contribution in [0.1, 0.15) is 11.1 Å². The van der Waals surface area contributed by atoms with Gasteiger partial charge in [-0.2, -0.15) is 5.10 Å². The molecule has 0 fully saturated rings. The predicted molar refractivity (Wildman–Crippen MR) is 121 cm³/mol. The molecule has 5 rings (SSSR count). The van der Waals surface area contributed by atoms with Crippen LogP contribution in [-0.4, -0.2) is 9.97 Å². The molecule has 0 saturated heterocycles. The van der Waals surface area contributed by atoms with E-state index in [0.29, 0.717) is 11.0 Å². The van der Waals surface area contributed by atoms with Crippen molar-refractivity contribution in [1.29, 1.82) is 0 Å². The highest BCUT2D eigenvalue weighted by atomic mass is 35.5. The fourth-order valence-corrected chi connectivity index (χ4v) is 3.72. The number of fused-ring (bicyclic) bond motifs is 2. The number of aromatic amines is 1. The number of nitrogens with zero attached hydrogens (tertiary/aromatic N) is 2. The topological polar surface area (TPSA) is 66.2 Å². The first kappa shape index (κ1) is 18.5. The summed E-state index contributed by atoms with van der Waals surface area (Å²) < 4.78 is 6.26. The number of para-hydroxylation sites is 2. The van der Waals surface area contributed by atoms with Gasteiger partial charge >= 0.3 is 0 Å². The van der Waals surface area contributed by atoms with Crippen molar-refractivity contribution in [2.75, 3.05) is 5.43 Å². The van der Waals surface area contributed by atoms with Crippen molar-refractivity contribution in [1.82, 2.24) is 9.97 Å². The first-order chi connectivity index (χ1) is 14.6. The molecule has 148 valence electrons. The van der Waals surface area contributed by atoms with Crippen molar-refractivity contribution < 1.29 is 4.42 Å². The molecule has 0 aliphatic heterocycles. The van der Waals surface area contributed by atoms with Gasteiger partial charge in [0.2, 0.25) is 5.95 Å². The van der Waals surface area contributed by atoms with Crippen molar-refractivity contribution in [2.45, 2.75) is 13.8 Å². The Bertz CT molecular complexity index is 1420. The smallest absolute Gasteiger partial charge is 0.222 e. The third-order valence-electron chi connectivity index (χ3n) is 4.98. The predicted octanol–water partition coefficient (Wildman–Crippen LogP) is 6.17. The number of aromatic nitrogens is 2. The molecule has 0 atom stereocenters. The first-order valence-electron chi connectivity index (χ1n) is 9.62. The average Bonchev–Trinajstić information content (AvgIpc) is 3.16. The standard InChI is InChI=1S/C24H19ClN4O/c1-14-11-15(2)23-18(12-14)21(13-22(30-23)16-7-9-17(25)10-8-16)28-29-24-26-19-5-3-4-6-20(19)27-24/h3-13H,1-2H3,(H2,26,27,29). The Morgan fingerprint density at radius 2 is 1.80 bits per heavy atom. The van der Waals surface area contributed by atoms with Gasteiger partial charge in [-0.3, -0.25) is 0 Å². The van der Waals surface area contributed by atoms with Gasteiger partial charge in [0.25, 0.3) is 0 Å². The third-order valence-corrected chi connectivity index (χ3v) is 5.23. The van der Waals surface area contributed by atoms with Gasteiger partial charge in [-0.05, 0) is 67.4 Å². The lowest BCUT2D eigenvalue weighted by Gasteiger charge is -2.08. The molecule has 0 saturated carbocycles. The minimum atomic E-state index is 0.586. The summed E-state index contributed by atoms with van der Waals surface area (Å²) in [7, 11) is 0. The summed E-state index contributed by atoms with van der Waals surface area (Å²) in [5, 5.41) is 7.05. The van der Waals surface area contributed by atoms with Crippen LogP contribution in [0.3, 0.4) is 0 Å². The molecule has 2 heterocycles. The Balaban J connectivity index is 1.68. The Kier molecular flexibility index (Phi) is 4.52. The third kappa shape index (κ3) is 3.44. The summed E-state index contributed by atoms with van der Waals surface area (Å²) in [6.45, 7) is 4.11. The van der Waals surface area contributed by atoms with Gasteiger partial charge in [-0.15, -0.1) is 0 Å². The van der Waals surface area contributed by atoms with Crippen LogP contribution >= 0.6 is 11.6 Å². The van der Waals surface area contributed by atoms with E-state index in [1.54, 1.807) is 0 Å². The molecule has 2 N–H and O–H groups in total. The van der Waals surface area contributed by atoms with Gasteiger partial charge in [-0.1, -0.05) is 29.8 Å². The minimum Gasteiger partial charge on any atom is -0.456 e. The summed E-state index contributed by atoms with van der Waals surface area (Å²) in [4.78, 5) is 7.77. The van der Waals surface area contributed by atoms with Crippen LogP contribution in [0, 0.1) is 13.8 Å². The summed E-state index contributed by atoms with van der Waals surface area (Å²) in [5.74, 6) is 1.30. The van der Waals surface area contributed by atoms with Gasteiger partial charge in [0.05, 0.1) is 16.4 Å². The van der Waals surface area contributed by atoms with Gasteiger partial charge in [0.15, 0.2) is 0 Å². The second-order valence-corrected chi connectivity index (χ2v) is 7.72. The summed E-state index contributed by atoms with van der Waals surface area (Å²) in [5.41, 5.74) is 8.85. The second kappa shape index (κ2) is 7.35. The number of rotatable bonds is 3. The van der Waals surface area contributed by atoms with E-state index in [2.05, 4.69) is 39.6 Å². The number of H-pyrrole nitrogens is 1.